The minimum atomic E-state index is -3.90. The molecule has 0 unspecified atom stereocenters. The van der Waals surface area contributed by atoms with Crippen LogP contribution in [0.1, 0.15) is 0 Å². The van der Waals surface area contributed by atoms with E-state index in [1.165, 1.54) is 12.1 Å². The normalized spacial score (nSPS) is 15.2. The highest BCUT2D eigenvalue weighted by atomic mass is 32.2. The summed E-state index contributed by atoms with van der Waals surface area (Å²) in [5.74, 6) is -0.411. The van der Waals surface area contributed by atoms with E-state index in [0.717, 1.165) is 33.8 Å². The number of fused-ring (bicyclic) bond motifs is 2. The lowest BCUT2D eigenvalue weighted by Gasteiger charge is -2.34. The number of nitrogens with zero attached hydrogens (tertiary/aromatic N) is 4. The second-order valence-corrected chi connectivity index (χ2v) is 10.4. The highest BCUT2D eigenvalue weighted by Gasteiger charge is 2.22. The monoisotopic (exact) mass is 482 g/mol. The van der Waals surface area contributed by atoms with Crippen LogP contribution >= 0.6 is 11.3 Å². The molecule has 0 saturated carbocycles. The standard InChI is InChI=1S/C22H22N6O3S2/c29-21(25-26-33(30,31)17-8-7-16-4-3-9-23-19(16)14-17)15-27-10-12-28(13-11-27)22-24-18-5-1-2-6-20(18)32-22/h1-9,14,26H,10-13,15H2,(H,25,29). The van der Waals surface area contributed by atoms with E-state index in [1.54, 1.807) is 29.7 Å². The summed E-state index contributed by atoms with van der Waals surface area (Å²) in [5.41, 5.74) is 3.88. The lowest BCUT2D eigenvalue weighted by molar-refractivity contribution is -0.122. The third-order valence-electron chi connectivity index (χ3n) is 5.51. The van der Waals surface area contributed by atoms with Gasteiger partial charge in [0.2, 0.25) is 5.91 Å². The molecule has 170 valence electrons. The van der Waals surface area contributed by atoms with Crippen molar-refractivity contribution in [3.05, 3.63) is 60.8 Å². The van der Waals surface area contributed by atoms with Gasteiger partial charge in [0.15, 0.2) is 5.13 Å². The smallest absolute Gasteiger partial charge is 0.257 e. The van der Waals surface area contributed by atoms with Gasteiger partial charge in [-0.05, 0) is 30.3 Å². The predicted octanol–water partition coefficient (Wildman–Crippen LogP) is 1.98. The molecule has 5 rings (SSSR count). The summed E-state index contributed by atoms with van der Waals surface area (Å²) in [6.45, 7) is 2.99. The van der Waals surface area contributed by atoms with Gasteiger partial charge in [-0.3, -0.25) is 20.1 Å². The van der Waals surface area contributed by atoms with Crippen LogP contribution in [0.2, 0.25) is 0 Å². The number of carbonyl (C=O) groups excluding carboxylic acids is 1. The van der Waals surface area contributed by atoms with Crippen molar-refractivity contribution in [3.8, 4) is 0 Å². The van der Waals surface area contributed by atoms with E-state index in [-0.39, 0.29) is 11.4 Å². The molecule has 2 aromatic heterocycles. The molecule has 33 heavy (non-hydrogen) atoms. The Morgan fingerprint density at radius 1 is 1.00 bits per heavy atom. The maximum atomic E-state index is 12.6. The summed E-state index contributed by atoms with van der Waals surface area (Å²) in [7, 11) is -3.90. The van der Waals surface area contributed by atoms with E-state index in [9.17, 15) is 13.2 Å². The number of nitrogens with one attached hydrogen (secondary N) is 2. The fourth-order valence-corrected chi connectivity index (χ4v) is 5.63. The van der Waals surface area contributed by atoms with Gasteiger partial charge >= 0.3 is 0 Å². The van der Waals surface area contributed by atoms with Gasteiger partial charge in [-0.2, -0.15) is 0 Å². The van der Waals surface area contributed by atoms with E-state index in [0.29, 0.717) is 18.6 Å². The lowest BCUT2D eigenvalue weighted by Crippen LogP contribution is -2.51. The Balaban J connectivity index is 1.13. The molecule has 0 bridgehead atoms. The van der Waals surface area contributed by atoms with Crippen molar-refractivity contribution in [2.45, 2.75) is 4.90 Å². The molecule has 11 heteroatoms. The van der Waals surface area contributed by atoms with Crippen molar-refractivity contribution < 1.29 is 13.2 Å². The number of hydrogen-bond donors (Lipinski definition) is 2. The molecule has 0 radical (unpaired) electrons. The molecule has 3 heterocycles. The van der Waals surface area contributed by atoms with Crippen LogP contribution < -0.4 is 15.2 Å². The predicted molar refractivity (Wildman–Crippen MR) is 128 cm³/mol. The molecular formula is C22H22N6O3S2. The number of anilines is 1. The Bertz CT molecular complexity index is 1380. The molecule has 1 fully saturated rings. The molecule has 9 nitrogen and oxygen atoms in total. The molecule has 4 aromatic rings. The van der Waals surface area contributed by atoms with Gasteiger partial charge in [0.05, 0.1) is 27.2 Å². The molecule has 0 atom stereocenters. The molecule has 1 amide bonds. The number of aromatic nitrogens is 2. The first-order valence-corrected chi connectivity index (χ1v) is 12.8. The molecule has 1 aliphatic heterocycles. The van der Waals surface area contributed by atoms with Crippen molar-refractivity contribution in [1.82, 2.24) is 25.1 Å². The number of sulfonamides is 1. The summed E-state index contributed by atoms with van der Waals surface area (Å²) in [6, 6.07) is 16.3. The SMILES string of the molecule is O=C(CN1CCN(c2nc3ccccc3s2)CC1)NNS(=O)(=O)c1ccc2cccnc2c1. The molecule has 1 saturated heterocycles. The van der Waals surface area contributed by atoms with Gasteiger partial charge in [-0.15, -0.1) is 4.83 Å². The van der Waals surface area contributed by atoms with Crippen LogP contribution in [-0.2, 0) is 14.8 Å². The molecule has 2 N–H and O–H groups in total. The first-order valence-electron chi connectivity index (χ1n) is 10.5. The number of hydrogen-bond acceptors (Lipinski definition) is 8. The quantitative estimate of drug-likeness (QED) is 0.405. The summed E-state index contributed by atoms with van der Waals surface area (Å²) >= 11 is 1.66. The Morgan fingerprint density at radius 3 is 2.64 bits per heavy atom. The number of para-hydroxylation sites is 1. The lowest BCUT2D eigenvalue weighted by atomic mass is 10.2. The number of thiazole rings is 1. The van der Waals surface area contributed by atoms with Crippen molar-refractivity contribution in [2.75, 3.05) is 37.6 Å². The van der Waals surface area contributed by atoms with Gasteiger partial charge in [0, 0.05) is 37.8 Å². The Labute approximate surface area is 195 Å². The number of hydrazine groups is 1. The van der Waals surface area contributed by atoms with E-state index < -0.39 is 15.9 Å². The third-order valence-corrected chi connectivity index (χ3v) is 7.85. The minimum absolute atomic E-state index is 0.0402. The summed E-state index contributed by atoms with van der Waals surface area (Å²) in [4.78, 5) is 27.7. The number of piperazine rings is 1. The van der Waals surface area contributed by atoms with E-state index in [4.69, 9.17) is 4.98 Å². The molecular weight excluding hydrogens is 460 g/mol. The van der Waals surface area contributed by atoms with Crippen LogP contribution in [0.5, 0.6) is 0 Å². The van der Waals surface area contributed by atoms with Crippen LogP contribution in [0.15, 0.2) is 65.7 Å². The third kappa shape index (κ3) is 4.81. The van der Waals surface area contributed by atoms with Crippen LogP contribution in [0.4, 0.5) is 5.13 Å². The van der Waals surface area contributed by atoms with E-state index in [2.05, 4.69) is 26.2 Å². The minimum Gasteiger partial charge on any atom is -0.345 e. The van der Waals surface area contributed by atoms with Crippen molar-refractivity contribution in [3.63, 3.8) is 0 Å². The Morgan fingerprint density at radius 2 is 1.82 bits per heavy atom. The first kappa shape index (κ1) is 21.7. The number of carbonyl (C=O) groups is 1. The number of pyridine rings is 1. The van der Waals surface area contributed by atoms with Crippen LogP contribution in [0.25, 0.3) is 21.1 Å². The maximum Gasteiger partial charge on any atom is 0.257 e. The van der Waals surface area contributed by atoms with Gasteiger partial charge in [0.1, 0.15) is 0 Å². The van der Waals surface area contributed by atoms with Gasteiger partial charge in [0.25, 0.3) is 10.0 Å². The number of rotatable bonds is 6. The molecule has 0 spiro atoms. The van der Waals surface area contributed by atoms with Crippen molar-refractivity contribution in [2.24, 2.45) is 0 Å². The van der Waals surface area contributed by atoms with Crippen LogP contribution in [0.3, 0.4) is 0 Å². The van der Waals surface area contributed by atoms with Gasteiger partial charge in [-0.25, -0.2) is 13.4 Å². The number of amides is 1. The second kappa shape index (κ2) is 9.02. The average Bonchev–Trinajstić information content (AvgIpc) is 3.27. The van der Waals surface area contributed by atoms with E-state index in [1.807, 2.05) is 29.2 Å². The fraction of sp³-hybridized carbons (Fsp3) is 0.227. The zero-order chi connectivity index (χ0) is 22.8. The zero-order valence-electron chi connectivity index (χ0n) is 17.6. The summed E-state index contributed by atoms with van der Waals surface area (Å²) < 4.78 is 26.3. The Hall–Kier alpha value is -3.12. The largest absolute Gasteiger partial charge is 0.345 e. The zero-order valence-corrected chi connectivity index (χ0v) is 19.3. The Kier molecular flexibility index (Phi) is 5.94. The highest BCUT2D eigenvalue weighted by molar-refractivity contribution is 7.89. The van der Waals surface area contributed by atoms with Crippen LogP contribution in [-0.4, -0.2) is 61.9 Å². The molecule has 1 aliphatic rings. The van der Waals surface area contributed by atoms with Crippen LogP contribution in [0, 0.1) is 0 Å². The maximum absolute atomic E-state index is 12.6. The first-order chi connectivity index (χ1) is 16.0. The van der Waals surface area contributed by atoms with Crippen molar-refractivity contribution >= 4 is 53.5 Å². The second-order valence-electron chi connectivity index (χ2n) is 7.74. The summed E-state index contributed by atoms with van der Waals surface area (Å²) in [5, 5.41) is 1.82. The summed E-state index contributed by atoms with van der Waals surface area (Å²) in [6.07, 6.45) is 1.60. The van der Waals surface area contributed by atoms with Crippen molar-refractivity contribution in [1.29, 1.82) is 0 Å². The van der Waals surface area contributed by atoms with Gasteiger partial charge < -0.3 is 4.90 Å². The fourth-order valence-electron chi connectivity index (χ4n) is 3.73. The molecule has 0 aliphatic carbocycles. The highest BCUT2D eigenvalue weighted by Crippen LogP contribution is 2.29. The number of benzene rings is 2. The topological polar surface area (TPSA) is 108 Å². The average molecular weight is 483 g/mol. The molecule has 2 aromatic carbocycles. The van der Waals surface area contributed by atoms with Gasteiger partial charge in [-0.1, -0.05) is 35.6 Å². The van der Waals surface area contributed by atoms with E-state index >= 15 is 0 Å².